The molecular weight excluding hydrogens is 404 g/mol. The van der Waals surface area contributed by atoms with Crippen LogP contribution in [0.2, 0.25) is 0 Å². The van der Waals surface area contributed by atoms with E-state index in [4.69, 9.17) is 4.52 Å². The van der Waals surface area contributed by atoms with Gasteiger partial charge in [0.2, 0.25) is 0 Å². The van der Waals surface area contributed by atoms with Gasteiger partial charge in [-0.3, -0.25) is 14.5 Å². The number of carbonyl (C=O) groups excluding carboxylic acids is 2. The maximum absolute atomic E-state index is 13.2. The summed E-state index contributed by atoms with van der Waals surface area (Å²) >= 11 is 0. The maximum Gasteiger partial charge on any atom is 0.301 e. The number of hydrogen-bond acceptors (Lipinski definition) is 5. The largest absolute Gasteiger partial charge is 0.507 e. The number of hydrogen-bond donors (Lipinski definition) is 1. The molecule has 1 amide bonds. The van der Waals surface area contributed by atoms with E-state index < -0.39 is 17.7 Å². The number of aliphatic hydroxyl groups is 1. The zero-order chi connectivity index (χ0) is 22.4. The fourth-order valence-electron chi connectivity index (χ4n) is 4.09. The van der Waals surface area contributed by atoms with E-state index in [1.165, 1.54) is 4.90 Å². The molecule has 1 aliphatic heterocycles. The van der Waals surface area contributed by atoms with Crippen molar-refractivity contribution in [1.29, 1.82) is 0 Å². The minimum atomic E-state index is -0.827. The molecule has 32 heavy (non-hydrogen) atoms. The standard InChI is InChI=1S/C26H20N2O4/c1-15-7-9-18(10-8-15)23-22(25(30)26(31)28(23)21-13-16(2)32-27-21)24(29)20-12-11-17-5-3-4-6-19(17)14-20/h3-14,23,29H,1-2H3/b24-22+/t23-/m1/s1. The van der Waals surface area contributed by atoms with Gasteiger partial charge in [0.25, 0.3) is 5.78 Å². The van der Waals surface area contributed by atoms with E-state index in [0.717, 1.165) is 16.3 Å². The summed E-state index contributed by atoms with van der Waals surface area (Å²) in [6.07, 6.45) is 0. The summed E-state index contributed by atoms with van der Waals surface area (Å²) in [5.41, 5.74) is 2.22. The summed E-state index contributed by atoms with van der Waals surface area (Å²) < 4.78 is 5.16. The molecule has 1 aromatic heterocycles. The van der Waals surface area contributed by atoms with Gasteiger partial charge in [0.15, 0.2) is 5.82 Å². The number of aromatic nitrogens is 1. The van der Waals surface area contributed by atoms with Crippen molar-refractivity contribution in [2.75, 3.05) is 4.90 Å². The first-order valence-corrected chi connectivity index (χ1v) is 10.2. The van der Waals surface area contributed by atoms with Gasteiger partial charge < -0.3 is 9.63 Å². The van der Waals surface area contributed by atoms with E-state index in [1.807, 2.05) is 67.6 Å². The van der Waals surface area contributed by atoms with Crippen molar-refractivity contribution in [2.45, 2.75) is 19.9 Å². The Morgan fingerprint density at radius 1 is 0.938 bits per heavy atom. The molecule has 1 saturated heterocycles. The van der Waals surface area contributed by atoms with Crippen molar-refractivity contribution >= 4 is 34.0 Å². The zero-order valence-corrected chi connectivity index (χ0v) is 17.6. The Bertz CT molecular complexity index is 1400. The van der Waals surface area contributed by atoms with Gasteiger partial charge in [0, 0.05) is 11.6 Å². The van der Waals surface area contributed by atoms with E-state index in [1.54, 1.807) is 19.1 Å². The van der Waals surface area contributed by atoms with Crippen LogP contribution < -0.4 is 4.90 Å². The summed E-state index contributed by atoms with van der Waals surface area (Å²) in [6, 6.07) is 21.4. The van der Waals surface area contributed by atoms with Crippen LogP contribution >= 0.6 is 0 Å². The van der Waals surface area contributed by atoms with Crippen LogP contribution in [0.15, 0.2) is 82.9 Å². The monoisotopic (exact) mass is 424 g/mol. The predicted octanol–water partition coefficient (Wildman–Crippen LogP) is 5.07. The number of aliphatic hydroxyl groups excluding tert-OH is 1. The molecule has 1 aliphatic rings. The van der Waals surface area contributed by atoms with Crippen LogP contribution in [0.1, 0.15) is 28.5 Å². The molecule has 6 heteroatoms. The molecule has 1 fully saturated rings. The van der Waals surface area contributed by atoms with Crippen molar-refractivity contribution in [2.24, 2.45) is 0 Å². The van der Waals surface area contributed by atoms with Gasteiger partial charge >= 0.3 is 5.91 Å². The number of carbonyl (C=O) groups is 2. The molecule has 3 aromatic carbocycles. The highest BCUT2D eigenvalue weighted by Crippen LogP contribution is 2.42. The van der Waals surface area contributed by atoms with Gasteiger partial charge in [-0.25, -0.2) is 0 Å². The lowest BCUT2D eigenvalue weighted by molar-refractivity contribution is -0.132. The smallest absolute Gasteiger partial charge is 0.301 e. The minimum Gasteiger partial charge on any atom is -0.507 e. The zero-order valence-electron chi connectivity index (χ0n) is 17.6. The normalized spacial score (nSPS) is 17.9. The fraction of sp³-hybridized carbons (Fsp3) is 0.115. The number of ketones is 1. The Balaban J connectivity index is 1.72. The highest BCUT2D eigenvalue weighted by Gasteiger charge is 2.48. The lowest BCUT2D eigenvalue weighted by atomic mass is 9.94. The van der Waals surface area contributed by atoms with E-state index in [2.05, 4.69) is 5.16 Å². The quantitative estimate of drug-likeness (QED) is 0.282. The molecule has 0 spiro atoms. The van der Waals surface area contributed by atoms with Crippen LogP contribution in [-0.2, 0) is 9.59 Å². The van der Waals surface area contributed by atoms with Crippen molar-refractivity contribution in [3.8, 4) is 0 Å². The highest BCUT2D eigenvalue weighted by molar-refractivity contribution is 6.51. The van der Waals surface area contributed by atoms with Crippen LogP contribution in [0.5, 0.6) is 0 Å². The number of nitrogens with zero attached hydrogens (tertiary/aromatic N) is 2. The van der Waals surface area contributed by atoms with Gasteiger partial charge in [0.1, 0.15) is 11.5 Å². The minimum absolute atomic E-state index is 0.0230. The second-order valence-corrected chi connectivity index (χ2v) is 7.94. The summed E-state index contributed by atoms with van der Waals surface area (Å²) in [5, 5.41) is 17.2. The number of aryl methyl sites for hydroxylation is 2. The molecule has 4 aromatic rings. The fourth-order valence-corrected chi connectivity index (χ4v) is 4.09. The van der Waals surface area contributed by atoms with Gasteiger partial charge in [-0.1, -0.05) is 71.4 Å². The van der Waals surface area contributed by atoms with Crippen LogP contribution in [-0.4, -0.2) is 22.0 Å². The van der Waals surface area contributed by atoms with E-state index in [9.17, 15) is 14.7 Å². The second kappa shape index (κ2) is 7.50. The first kappa shape index (κ1) is 19.8. The molecule has 0 aliphatic carbocycles. The van der Waals surface area contributed by atoms with Crippen molar-refractivity contribution in [1.82, 2.24) is 5.16 Å². The van der Waals surface area contributed by atoms with Crippen molar-refractivity contribution in [3.63, 3.8) is 0 Å². The highest BCUT2D eigenvalue weighted by atomic mass is 16.5. The first-order valence-electron chi connectivity index (χ1n) is 10.2. The molecule has 0 unspecified atom stereocenters. The van der Waals surface area contributed by atoms with Crippen molar-refractivity contribution < 1.29 is 19.2 Å². The Hall–Kier alpha value is -4.19. The Morgan fingerprint density at radius 2 is 1.66 bits per heavy atom. The number of benzene rings is 3. The van der Waals surface area contributed by atoms with Gasteiger partial charge in [-0.05, 0) is 36.2 Å². The van der Waals surface area contributed by atoms with Crippen LogP contribution in [0.3, 0.4) is 0 Å². The van der Waals surface area contributed by atoms with E-state index in [-0.39, 0.29) is 17.2 Å². The lowest BCUT2D eigenvalue weighted by Crippen LogP contribution is -2.29. The van der Waals surface area contributed by atoms with Gasteiger partial charge in [-0.2, -0.15) is 0 Å². The topological polar surface area (TPSA) is 83.6 Å². The average Bonchev–Trinajstić information content (AvgIpc) is 3.34. The Kier molecular flexibility index (Phi) is 4.63. The van der Waals surface area contributed by atoms with Crippen LogP contribution in [0.25, 0.3) is 16.5 Å². The van der Waals surface area contributed by atoms with Gasteiger partial charge in [-0.15, -0.1) is 0 Å². The lowest BCUT2D eigenvalue weighted by Gasteiger charge is -2.23. The number of fused-ring (bicyclic) bond motifs is 1. The molecule has 6 nitrogen and oxygen atoms in total. The molecular formula is C26H20N2O4. The van der Waals surface area contributed by atoms with E-state index >= 15 is 0 Å². The molecule has 5 rings (SSSR count). The van der Waals surface area contributed by atoms with Crippen molar-refractivity contribution in [3.05, 3.63) is 101 Å². The maximum atomic E-state index is 13.2. The summed E-state index contributed by atoms with van der Waals surface area (Å²) in [6.45, 7) is 3.67. The molecule has 1 N–H and O–H groups in total. The summed E-state index contributed by atoms with van der Waals surface area (Å²) in [5.74, 6) is -0.998. The molecule has 158 valence electrons. The molecule has 0 saturated carbocycles. The number of rotatable bonds is 3. The third-order valence-corrected chi connectivity index (χ3v) is 5.72. The van der Waals surface area contributed by atoms with E-state index in [0.29, 0.717) is 16.9 Å². The Labute approximate surface area is 184 Å². The number of amides is 1. The first-order chi connectivity index (χ1) is 15.4. The SMILES string of the molecule is Cc1ccc([C@@H]2/C(=C(\O)c3ccc4ccccc4c3)C(=O)C(=O)N2c2cc(C)on2)cc1. The number of anilines is 1. The molecule has 2 heterocycles. The summed E-state index contributed by atoms with van der Waals surface area (Å²) in [4.78, 5) is 27.5. The molecule has 0 bridgehead atoms. The summed E-state index contributed by atoms with van der Waals surface area (Å²) in [7, 11) is 0. The van der Waals surface area contributed by atoms with Gasteiger partial charge in [0.05, 0.1) is 11.6 Å². The predicted molar refractivity (Wildman–Crippen MR) is 121 cm³/mol. The molecule has 1 atom stereocenters. The molecule has 0 radical (unpaired) electrons. The number of Topliss-reactive ketones (excluding diaryl/α,β-unsaturated/α-hetero) is 1. The van der Waals surface area contributed by atoms with Crippen LogP contribution in [0, 0.1) is 13.8 Å². The van der Waals surface area contributed by atoms with Crippen LogP contribution in [0.4, 0.5) is 5.82 Å². The third kappa shape index (κ3) is 3.17. The third-order valence-electron chi connectivity index (χ3n) is 5.72. The Morgan fingerprint density at radius 3 is 2.34 bits per heavy atom. The average molecular weight is 424 g/mol. The second-order valence-electron chi connectivity index (χ2n) is 7.94.